The lowest BCUT2D eigenvalue weighted by Crippen LogP contribution is -2.38. The van der Waals surface area contributed by atoms with Crippen molar-refractivity contribution in [3.05, 3.63) is 71.9 Å². The van der Waals surface area contributed by atoms with Crippen molar-refractivity contribution < 1.29 is 4.74 Å². The van der Waals surface area contributed by atoms with E-state index in [0.717, 1.165) is 35.5 Å². The van der Waals surface area contributed by atoms with Crippen molar-refractivity contribution >= 4 is 29.9 Å². The van der Waals surface area contributed by atoms with Crippen LogP contribution in [0.15, 0.2) is 60.0 Å². The molecule has 3 rings (SSSR count). The van der Waals surface area contributed by atoms with E-state index in [0.29, 0.717) is 12.5 Å². The largest absolute Gasteiger partial charge is 0.493 e. The minimum absolute atomic E-state index is 0. The van der Waals surface area contributed by atoms with Crippen molar-refractivity contribution in [3.8, 4) is 11.6 Å². The Kier molecular flexibility index (Phi) is 9.96. The molecular weight excluding hydrogens is 515 g/mol. The molecule has 0 radical (unpaired) electrons. The fourth-order valence-electron chi connectivity index (χ4n) is 3.07. The first-order valence-electron chi connectivity index (χ1n) is 10.6. The molecule has 2 N–H and O–H groups in total. The monoisotopic (exact) mass is 548 g/mol. The van der Waals surface area contributed by atoms with Crippen LogP contribution in [0, 0.1) is 12.8 Å². The van der Waals surface area contributed by atoms with E-state index >= 15 is 0 Å². The number of aryl methyl sites for hydroxylation is 1. The van der Waals surface area contributed by atoms with Crippen LogP contribution < -0.4 is 15.4 Å². The molecule has 0 aliphatic rings. The minimum atomic E-state index is 0. The number of aromatic nitrogens is 3. The summed E-state index contributed by atoms with van der Waals surface area (Å²) in [6.07, 6.45) is 5.55. The number of benzene rings is 1. The highest BCUT2D eigenvalue weighted by Crippen LogP contribution is 2.18. The number of nitrogens with one attached hydrogen (secondary N) is 2. The Morgan fingerprint density at radius 1 is 1.09 bits per heavy atom. The third-order valence-corrected chi connectivity index (χ3v) is 4.88. The number of pyridine rings is 1. The number of rotatable bonds is 8. The predicted octanol–water partition coefficient (Wildman–Crippen LogP) is 4.65. The quantitative estimate of drug-likeness (QED) is 0.244. The first-order chi connectivity index (χ1) is 15.0. The zero-order chi connectivity index (χ0) is 22.2. The van der Waals surface area contributed by atoms with Crippen molar-refractivity contribution in [2.75, 3.05) is 13.7 Å². The van der Waals surface area contributed by atoms with Crippen molar-refractivity contribution in [2.45, 2.75) is 40.3 Å². The molecule has 172 valence electrons. The standard InChI is InChI=1S/C24H32N6O.HI/c1-17(2)16-31-22-9-7-21(8-10-22)18(3)29-24(25-5)28-15-20-6-11-23(27-14-20)30-13-12-26-19(30)4;/h6-14,17-18H,15-16H2,1-5H3,(H2,25,28,29);1H. The van der Waals surface area contributed by atoms with Gasteiger partial charge in [0.2, 0.25) is 0 Å². The van der Waals surface area contributed by atoms with Gasteiger partial charge in [-0.2, -0.15) is 0 Å². The lowest BCUT2D eigenvalue weighted by molar-refractivity contribution is 0.271. The average molecular weight is 548 g/mol. The third kappa shape index (κ3) is 7.22. The van der Waals surface area contributed by atoms with E-state index in [1.807, 2.05) is 42.1 Å². The average Bonchev–Trinajstić information content (AvgIpc) is 3.21. The number of guanidine groups is 1. The lowest BCUT2D eigenvalue weighted by Gasteiger charge is -2.19. The molecule has 7 nitrogen and oxygen atoms in total. The molecule has 0 saturated heterocycles. The number of imidazole rings is 1. The minimum Gasteiger partial charge on any atom is -0.493 e. The summed E-state index contributed by atoms with van der Waals surface area (Å²) in [5.74, 6) is 3.92. The Morgan fingerprint density at radius 2 is 1.84 bits per heavy atom. The fraction of sp³-hybridized carbons (Fsp3) is 0.375. The van der Waals surface area contributed by atoms with Gasteiger partial charge in [-0.05, 0) is 49.1 Å². The smallest absolute Gasteiger partial charge is 0.191 e. The van der Waals surface area contributed by atoms with Gasteiger partial charge in [-0.1, -0.05) is 32.0 Å². The number of ether oxygens (including phenoxy) is 1. The lowest BCUT2D eigenvalue weighted by atomic mass is 10.1. The fourth-order valence-corrected chi connectivity index (χ4v) is 3.07. The number of nitrogens with zero attached hydrogens (tertiary/aromatic N) is 4. The van der Waals surface area contributed by atoms with E-state index in [9.17, 15) is 0 Å². The molecule has 32 heavy (non-hydrogen) atoms. The Labute approximate surface area is 207 Å². The van der Waals surface area contributed by atoms with Crippen LogP contribution in [0.3, 0.4) is 0 Å². The van der Waals surface area contributed by atoms with Crippen molar-refractivity contribution in [2.24, 2.45) is 10.9 Å². The van der Waals surface area contributed by atoms with Crippen LogP contribution in [0.1, 0.15) is 43.8 Å². The van der Waals surface area contributed by atoms with Gasteiger partial charge >= 0.3 is 0 Å². The Morgan fingerprint density at radius 3 is 2.41 bits per heavy atom. The number of halogens is 1. The topological polar surface area (TPSA) is 76.4 Å². The van der Waals surface area contributed by atoms with Gasteiger partial charge in [-0.25, -0.2) is 9.97 Å². The zero-order valence-electron chi connectivity index (χ0n) is 19.4. The molecule has 0 saturated carbocycles. The second-order valence-corrected chi connectivity index (χ2v) is 7.93. The van der Waals surface area contributed by atoms with Gasteiger partial charge in [0.15, 0.2) is 5.96 Å². The molecule has 1 unspecified atom stereocenters. The van der Waals surface area contributed by atoms with E-state index in [1.165, 1.54) is 5.56 Å². The van der Waals surface area contributed by atoms with Gasteiger partial charge in [0.25, 0.3) is 0 Å². The summed E-state index contributed by atoms with van der Waals surface area (Å²) < 4.78 is 7.72. The summed E-state index contributed by atoms with van der Waals surface area (Å²) >= 11 is 0. The summed E-state index contributed by atoms with van der Waals surface area (Å²) in [6.45, 7) is 9.71. The summed E-state index contributed by atoms with van der Waals surface area (Å²) in [7, 11) is 1.77. The van der Waals surface area contributed by atoms with Crippen LogP contribution >= 0.6 is 24.0 Å². The molecule has 2 aromatic heterocycles. The van der Waals surface area contributed by atoms with Gasteiger partial charge in [0.1, 0.15) is 17.4 Å². The predicted molar refractivity (Wildman–Crippen MR) is 140 cm³/mol. The van der Waals surface area contributed by atoms with Gasteiger partial charge in [-0.3, -0.25) is 9.56 Å². The van der Waals surface area contributed by atoms with Crippen LogP contribution in [0.25, 0.3) is 5.82 Å². The van der Waals surface area contributed by atoms with Crippen LogP contribution in [-0.2, 0) is 6.54 Å². The molecule has 1 aromatic carbocycles. The summed E-state index contributed by atoms with van der Waals surface area (Å²) in [5, 5.41) is 6.78. The van der Waals surface area contributed by atoms with Crippen molar-refractivity contribution in [3.63, 3.8) is 0 Å². The third-order valence-electron chi connectivity index (χ3n) is 4.88. The van der Waals surface area contributed by atoms with E-state index in [4.69, 9.17) is 4.74 Å². The highest BCUT2D eigenvalue weighted by molar-refractivity contribution is 14.0. The molecule has 0 fully saturated rings. The normalized spacial score (nSPS) is 12.2. The SMILES string of the molecule is CN=C(NCc1ccc(-n2ccnc2C)nc1)NC(C)c1ccc(OCC(C)C)cc1.I. The summed E-state index contributed by atoms with van der Waals surface area (Å²) in [5.41, 5.74) is 2.24. The molecule has 0 aliphatic heterocycles. The van der Waals surface area contributed by atoms with Crippen LogP contribution in [0.5, 0.6) is 5.75 Å². The molecule has 3 aromatic rings. The zero-order valence-corrected chi connectivity index (χ0v) is 21.7. The van der Waals surface area contributed by atoms with Gasteiger partial charge < -0.3 is 15.4 Å². The maximum Gasteiger partial charge on any atom is 0.191 e. The first kappa shape index (κ1) is 25.6. The van der Waals surface area contributed by atoms with E-state index in [1.54, 1.807) is 13.2 Å². The van der Waals surface area contributed by atoms with Crippen LogP contribution in [-0.4, -0.2) is 34.1 Å². The van der Waals surface area contributed by atoms with Crippen LogP contribution in [0.2, 0.25) is 0 Å². The van der Waals surface area contributed by atoms with E-state index < -0.39 is 0 Å². The van der Waals surface area contributed by atoms with Crippen LogP contribution in [0.4, 0.5) is 0 Å². The maximum atomic E-state index is 5.76. The molecule has 0 amide bonds. The Hall–Kier alpha value is -2.62. The van der Waals surface area contributed by atoms with Crippen molar-refractivity contribution in [1.29, 1.82) is 0 Å². The summed E-state index contributed by atoms with van der Waals surface area (Å²) in [4.78, 5) is 13.1. The second-order valence-electron chi connectivity index (χ2n) is 7.93. The second kappa shape index (κ2) is 12.4. The molecule has 2 heterocycles. The van der Waals surface area contributed by atoms with E-state index in [2.05, 4.69) is 64.6 Å². The number of aliphatic imine (C=N–C) groups is 1. The number of hydrogen-bond acceptors (Lipinski definition) is 4. The molecule has 0 aliphatic carbocycles. The Balaban J connectivity index is 0.00000363. The highest BCUT2D eigenvalue weighted by Gasteiger charge is 2.09. The maximum absolute atomic E-state index is 5.76. The molecule has 1 atom stereocenters. The number of hydrogen-bond donors (Lipinski definition) is 2. The first-order valence-corrected chi connectivity index (χ1v) is 10.6. The Bertz CT molecular complexity index is 982. The summed E-state index contributed by atoms with van der Waals surface area (Å²) in [6, 6.07) is 12.4. The van der Waals surface area contributed by atoms with Gasteiger partial charge in [0.05, 0.1) is 12.6 Å². The molecule has 0 bridgehead atoms. The van der Waals surface area contributed by atoms with Gasteiger partial charge in [0, 0.05) is 32.2 Å². The van der Waals surface area contributed by atoms with Crippen molar-refractivity contribution in [1.82, 2.24) is 25.2 Å². The molecular formula is C24H33IN6O. The highest BCUT2D eigenvalue weighted by atomic mass is 127. The molecule has 8 heteroatoms. The molecule has 0 spiro atoms. The van der Waals surface area contributed by atoms with Gasteiger partial charge in [-0.15, -0.1) is 24.0 Å². The van der Waals surface area contributed by atoms with E-state index in [-0.39, 0.29) is 30.0 Å².